The van der Waals surface area contributed by atoms with E-state index in [-0.39, 0.29) is 31.9 Å². The highest BCUT2D eigenvalue weighted by molar-refractivity contribution is 6.02. The van der Waals surface area contributed by atoms with Crippen molar-refractivity contribution in [1.29, 1.82) is 0 Å². The van der Waals surface area contributed by atoms with Crippen LogP contribution in [0.5, 0.6) is 17.2 Å². The number of rotatable bonds is 6. The van der Waals surface area contributed by atoms with Gasteiger partial charge < -0.3 is 28.4 Å². The molecule has 2 aromatic rings. The van der Waals surface area contributed by atoms with Crippen LogP contribution in [0.1, 0.15) is 58.8 Å². The van der Waals surface area contributed by atoms with Crippen molar-refractivity contribution < 1.29 is 38.0 Å². The number of ether oxygens (including phenoxy) is 7. The first kappa shape index (κ1) is 20.0. The van der Waals surface area contributed by atoms with Gasteiger partial charge in [-0.2, -0.15) is 0 Å². The second-order valence-corrected chi connectivity index (χ2v) is 8.42. The molecule has 2 aromatic carbocycles. The molecule has 4 aliphatic rings. The molecule has 0 radical (unpaired) electrons. The van der Waals surface area contributed by atoms with Gasteiger partial charge in [-0.05, 0) is 30.2 Å². The van der Waals surface area contributed by atoms with Crippen molar-refractivity contribution >= 4 is 5.78 Å². The Hall–Kier alpha value is -2.65. The lowest BCUT2D eigenvalue weighted by Gasteiger charge is -2.55. The smallest absolute Gasteiger partial charge is 0.245 e. The van der Waals surface area contributed by atoms with Crippen LogP contribution in [0.2, 0.25) is 0 Å². The first-order valence-corrected chi connectivity index (χ1v) is 10.8. The van der Waals surface area contributed by atoms with E-state index >= 15 is 0 Å². The minimum atomic E-state index is -1.12. The second kappa shape index (κ2) is 7.18. The fourth-order valence-corrected chi connectivity index (χ4v) is 5.38. The van der Waals surface area contributed by atoms with E-state index in [4.69, 9.17) is 33.2 Å². The molecule has 2 aliphatic carbocycles. The third-order valence-corrected chi connectivity index (χ3v) is 6.59. The van der Waals surface area contributed by atoms with Crippen LogP contribution in [-0.4, -0.2) is 33.6 Å². The molecule has 8 nitrogen and oxygen atoms in total. The molecular weight excluding hydrogens is 416 g/mol. The van der Waals surface area contributed by atoms with E-state index in [1.165, 1.54) is 7.11 Å². The standard InChI is InChI=1S/C24H24O8/c1-26-12-28-16-9-11-23-21-14(16)4-3-5-18(21)30-24(32-23)10-8-15(25)20-17(29-13-27-2)6-7-19(31-23)22(20)24/h3-7,16H,8-13H2,1-2H3/t16-,23+,24+/m0/s1. The van der Waals surface area contributed by atoms with Crippen LogP contribution in [0, 0.1) is 0 Å². The maximum Gasteiger partial charge on any atom is 0.245 e. The van der Waals surface area contributed by atoms with Crippen LogP contribution in [0.3, 0.4) is 0 Å². The molecule has 0 N–H and O–H groups in total. The van der Waals surface area contributed by atoms with Gasteiger partial charge in [0.15, 0.2) is 12.6 Å². The molecule has 6 rings (SSSR count). The van der Waals surface area contributed by atoms with E-state index in [0.29, 0.717) is 47.6 Å². The molecule has 0 amide bonds. The van der Waals surface area contributed by atoms with Gasteiger partial charge in [0.25, 0.3) is 0 Å². The van der Waals surface area contributed by atoms with Crippen molar-refractivity contribution in [3.8, 4) is 17.2 Å². The molecule has 0 saturated carbocycles. The predicted molar refractivity (Wildman–Crippen MR) is 110 cm³/mol. The number of hydrogen-bond donors (Lipinski definition) is 0. The third-order valence-electron chi connectivity index (χ3n) is 6.59. The van der Waals surface area contributed by atoms with Gasteiger partial charge in [0.1, 0.15) is 24.0 Å². The van der Waals surface area contributed by atoms with Crippen molar-refractivity contribution in [3.05, 3.63) is 52.6 Å². The summed E-state index contributed by atoms with van der Waals surface area (Å²) in [4.78, 5) is 13.0. The molecular formula is C24H24O8. The molecule has 0 saturated heterocycles. The fraction of sp³-hybridized carbons (Fsp3) is 0.458. The summed E-state index contributed by atoms with van der Waals surface area (Å²) in [6.07, 6.45) is 1.82. The zero-order valence-corrected chi connectivity index (χ0v) is 18.0. The fourth-order valence-electron chi connectivity index (χ4n) is 5.38. The Bertz CT molecular complexity index is 1100. The molecule has 2 heterocycles. The topological polar surface area (TPSA) is 81.7 Å². The first-order chi connectivity index (χ1) is 15.6. The van der Waals surface area contributed by atoms with E-state index in [0.717, 1.165) is 11.1 Å². The monoisotopic (exact) mass is 440 g/mol. The zero-order chi connectivity index (χ0) is 21.9. The van der Waals surface area contributed by atoms with Crippen molar-refractivity contribution in [2.45, 2.75) is 43.4 Å². The van der Waals surface area contributed by atoms with Crippen LogP contribution in [0.4, 0.5) is 0 Å². The van der Waals surface area contributed by atoms with E-state index in [1.54, 1.807) is 13.2 Å². The van der Waals surface area contributed by atoms with Crippen LogP contribution in [0.15, 0.2) is 30.3 Å². The first-order valence-electron chi connectivity index (χ1n) is 10.8. The van der Waals surface area contributed by atoms with Gasteiger partial charge in [-0.1, -0.05) is 12.1 Å². The van der Waals surface area contributed by atoms with Gasteiger partial charge in [0.05, 0.1) is 22.8 Å². The van der Waals surface area contributed by atoms with Gasteiger partial charge >= 0.3 is 0 Å². The summed E-state index contributed by atoms with van der Waals surface area (Å²) in [5, 5.41) is 0. The minimum absolute atomic E-state index is 0.0263. The van der Waals surface area contributed by atoms with Crippen LogP contribution >= 0.6 is 0 Å². The molecule has 8 heteroatoms. The molecule has 2 spiro atoms. The number of ketones is 1. The lowest BCUT2D eigenvalue weighted by atomic mass is 9.78. The van der Waals surface area contributed by atoms with Crippen LogP contribution in [-0.2, 0) is 30.5 Å². The average molecular weight is 440 g/mol. The van der Waals surface area contributed by atoms with Crippen molar-refractivity contribution in [3.63, 3.8) is 0 Å². The largest absolute Gasteiger partial charge is 0.467 e. The number of methoxy groups -OCH3 is 2. The molecule has 168 valence electrons. The Kier molecular flexibility index (Phi) is 4.49. The van der Waals surface area contributed by atoms with Gasteiger partial charge in [0.2, 0.25) is 11.6 Å². The van der Waals surface area contributed by atoms with Crippen molar-refractivity contribution in [1.82, 2.24) is 0 Å². The van der Waals surface area contributed by atoms with E-state index in [2.05, 4.69) is 0 Å². The van der Waals surface area contributed by atoms with Crippen LogP contribution < -0.4 is 14.2 Å². The third kappa shape index (κ3) is 2.67. The lowest BCUT2D eigenvalue weighted by molar-refractivity contribution is -0.367. The minimum Gasteiger partial charge on any atom is -0.467 e. The second-order valence-electron chi connectivity index (χ2n) is 8.42. The van der Waals surface area contributed by atoms with Gasteiger partial charge in [0, 0.05) is 33.5 Å². The number of Topliss-reactive ketones (excluding diaryl/α,β-unsaturated/α-hetero) is 1. The molecule has 32 heavy (non-hydrogen) atoms. The lowest BCUT2D eigenvalue weighted by Crippen LogP contribution is -2.58. The average Bonchev–Trinajstić information content (AvgIpc) is 2.80. The Balaban J connectivity index is 1.51. The summed E-state index contributed by atoms with van der Waals surface area (Å²) in [7, 11) is 3.14. The summed E-state index contributed by atoms with van der Waals surface area (Å²) in [5.41, 5.74) is 2.86. The van der Waals surface area contributed by atoms with E-state index < -0.39 is 11.6 Å². The summed E-state index contributed by atoms with van der Waals surface area (Å²) >= 11 is 0. The summed E-state index contributed by atoms with van der Waals surface area (Å²) in [6.45, 7) is 0.236. The Morgan fingerprint density at radius 1 is 0.969 bits per heavy atom. The number of carbonyl (C=O) groups is 1. The maximum absolute atomic E-state index is 13.0. The van der Waals surface area contributed by atoms with Crippen LogP contribution in [0.25, 0.3) is 0 Å². The SMILES string of the molecule is COCOc1ccc2c3c1C(=O)CC[C@]31Oc3cccc4c3[C@](CC[C@@H]4OCOC)(O2)O1. The predicted octanol–water partition coefficient (Wildman–Crippen LogP) is 3.91. The van der Waals surface area contributed by atoms with Crippen molar-refractivity contribution in [2.24, 2.45) is 0 Å². The Labute approximate surface area is 185 Å². The molecule has 0 fully saturated rings. The Morgan fingerprint density at radius 3 is 2.56 bits per heavy atom. The van der Waals surface area contributed by atoms with E-state index in [1.807, 2.05) is 24.3 Å². The highest BCUT2D eigenvalue weighted by Gasteiger charge is 2.62. The van der Waals surface area contributed by atoms with Gasteiger partial charge in [-0.3, -0.25) is 9.53 Å². The summed E-state index contributed by atoms with van der Waals surface area (Å²) in [6, 6.07) is 9.46. The summed E-state index contributed by atoms with van der Waals surface area (Å²) < 4.78 is 41.6. The van der Waals surface area contributed by atoms with Crippen molar-refractivity contribution in [2.75, 3.05) is 27.8 Å². The molecule has 0 unspecified atom stereocenters. The number of hydrogen-bond acceptors (Lipinski definition) is 8. The Morgan fingerprint density at radius 2 is 1.75 bits per heavy atom. The molecule has 0 aromatic heterocycles. The molecule has 2 bridgehead atoms. The van der Waals surface area contributed by atoms with Gasteiger partial charge in [-0.25, -0.2) is 0 Å². The molecule has 3 atom stereocenters. The number of benzene rings is 2. The highest BCUT2D eigenvalue weighted by atomic mass is 16.8. The quantitative estimate of drug-likeness (QED) is 0.626. The number of carbonyl (C=O) groups excluding carboxylic acids is 1. The van der Waals surface area contributed by atoms with Gasteiger partial charge in [-0.15, -0.1) is 0 Å². The van der Waals surface area contributed by atoms with E-state index in [9.17, 15) is 4.79 Å². The normalized spacial score (nSPS) is 28.8. The summed E-state index contributed by atoms with van der Waals surface area (Å²) in [5.74, 6) is -0.431. The zero-order valence-electron chi connectivity index (χ0n) is 18.0. The highest BCUT2D eigenvalue weighted by Crippen LogP contribution is 2.62. The maximum atomic E-state index is 13.0. The molecule has 2 aliphatic heterocycles.